The summed E-state index contributed by atoms with van der Waals surface area (Å²) in [5, 5.41) is 27.1. The lowest BCUT2D eigenvalue weighted by molar-refractivity contribution is 0.470. The SMILES string of the molecule is Cc1ccc(O)c(C)c1.Cc1ccc(O)c(C)c1.Cc1ccc(O)c(C)c1.P. The number of aromatic hydroxyl groups is 3. The third-order valence-corrected chi connectivity index (χ3v) is 4.06. The summed E-state index contributed by atoms with van der Waals surface area (Å²) in [6.45, 7) is 11.7. The molecule has 0 aromatic heterocycles. The minimum atomic E-state index is 0. The Morgan fingerprint density at radius 3 is 0.786 bits per heavy atom. The molecular weight excluding hydrogens is 367 g/mol. The van der Waals surface area contributed by atoms with Crippen LogP contribution in [0, 0.1) is 41.5 Å². The van der Waals surface area contributed by atoms with E-state index in [0.29, 0.717) is 17.2 Å². The quantitative estimate of drug-likeness (QED) is 0.401. The van der Waals surface area contributed by atoms with E-state index in [1.54, 1.807) is 18.2 Å². The van der Waals surface area contributed by atoms with E-state index in [2.05, 4.69) is 0 Å². The van der Waals surface area contributed by atoms with Crippen molar-refractivity contribution in [2.24, 2.45) is 0 Å². The number of phenolic OH excluding ortho intramolecular Hbond substituents is 3. The van der Waals surface area contributed by atoms with Gasteiger partial charge in [0.25, 0.3) is 0 Å². The van der Waals surface area contributed by atoms with E-state index in [4.69, 9.17) is 15.3 Å². The molecule has 0 radical (unpaired) electrons. The fourth-order valence-electron chi connectivity index (χ4n) is 2.42. The number of aryl methyl sites for hydroxylation is 6. The number of rotatable bonds is 0. The van der Waals surface area contributed by atoms with Crippen LogP contribution in [0.5, 0.6) is 17.2 Å². The summed E-state index contributed by atoms with van der Waals surface area (Å²) >= 11 is 0. The highest BCUT2D eigenvalue weighted by atomic mass is 31.0. The lowest BCUT2D eigenvalue weighted by atomic mass is 10.1. The smallest absolute Gasteiger partial charge is 0.118 e. The van der Waals surface area contributed by atoms with Crippen LogP contribution in [0.1, 0.15) is 33.4 Å². The molecule has 0 heterocycles. The van der Waals surface area contributed by atoms with Gasteiger partial charge in [-0.25, -0.2) is 0 Å². The van der Waals surface area contributed by atoms with Gasteiger partial charge in [0.15, 0.2) is 0 Å². The van der Waals surface area contributed by atoms with Gasteiger partial charge in [0, 0.05) is 0 Å². The van der Waals surface area contributed by atoms with Gasteiger partial charge in [-0.05, 0) is 76.4 Å². The summed E-state index contributed by atoms with van der Waals surface area (Å²) < 4.78 is 0. The van der Waals surface area contributed by atoms with Gasteiger partial charge in [0.2, 0.25) is 0 Å². The van der Waals surface area contributed by atoms with Crippen molar-refractivity contribution in [1.29, 1.82) is 0 Å². The average molecular weight is 400 g/mol. The fourth-order valence-corrected chi connectivity index (χ4v) is 2.42. The number of benzene rings is 3. The highest BCUT2D eigenvalue weighted by Gasteiger charge is 1.93. The van der Waals surface area contributed by atoms with Crippen LogP contribution in [0.2, 0.25) is 0 Å². The predicted molar refractivity (Wildman–Crippen MR) is 124 cm³/mol. The second kappa shape index (κ2) is 12.0. The minimum absolute atomic E-state index is 0. The molecule has 3 N–H and O–H groups in total. The average Bonchev–Trinajstić information content (AvgIpc) is 2.60. The Labute approximate surface area is 172 Å². The van der Waals surface area contributed by atoms with Crippen molar-refractivity contribution >= 4 is 9.90 Å². The summed E-state index contributed by atoms with van der Waals surface area (Å²) in [7, 11) is 0. The van der Waals surface area contributed by atoms with Crippen LogP contribution in [0.15, 0.2) is 54.6 Å². The third kappa shape index (κ3) is 8.92. The van der Waals surface area contributed by atoms with Gasteiger partial charge in [-0.1, -0.05) is 53.1 Å². The molecule has 0 aliphatic heterocycles. The van der Waals surface area contributed by atoms with Crippen molar-refractivity contribution in [3.63, 3.8) is 0 Å². The van der Waals surface area contributed by atoms with Gasteiger partial charge >= 0.3 is 0 Å². The van der Waals surface area contributed by atoms with Crippen molar-refractivity contribution in [1.82, 2.24) is 0 Å². The molecule has 0 fully saturated rings. The largest absolute Gasteiger partial charge is 0.508 e. The van der Waals surface area contributed by atoms with Gasteiger partial charge in [0.05, 0.1) is 0 Å². The maximum absolute atomic E-state index is 9.04. The molecule has 4 heteroatoms. The fraction of sp³-hybridized carbons (Fsp3) is 0.250. The molecule has 0 aliphatic rings. The molecular formula is C24H33O3P. The molecule has 28 heavy (non-hydrogen) atoms. The number of hydrogen-bond acceptors (Lipinski definition) is 3. The van der Waals surface area contributed by atoms with Crippen LogP contribution >= 0.6 is 9.90 Å². The van der Waals surface area contributed by atoms with Crippen molar-refractivity contribution in [3.8, 4) is 17.2 Å². The van der Waals surface area contributed by atoms with Crippen molar-refractivity contribution in [3.05, 3.63) is 88.0 Å². The first-order valence-corrected chi connectivity index (χ1v) is 8.88. The standard InChI is InChI=1S/3C8H10O.H3P/c3*1-6-3-4-8(9)7(2)5-6;/h3*3-5,9H,1-2H3;1H3. The molecule has 3 nitrogen and oxygen atoms in total. The third-order valence-electron chi connectivity index (χ3n) is 4.06. The van der Waals surface area contributed by atoms with E-state index in [1.165, 1.54) is 16.7 Å². The summed E-state index contributed by atoms with van der Waals surface area (Å²) in [6, 6.07) is 16.7. The van der Waals surface area contributed by atoms with Gasteiger partial charge in [-0.2, -0.15) is 9.90 Å². The van der Waals surface area contributed by atoms with E-state index in [1.807, 2.05) is 77.9 Å². The van der Waals surface area contributed by atoms with Gasteiger partial charge in [0.1, 0.15) is 17.2 Å². The van der Waals surface area contributed by atoms with Crippen LogP contribution in [-0.2, 0) is 0 Å². The Hall–Kier alpha value is -2.51. The lowest BCUT2D eigenvalue weighted by Crippen LogP contribution is -1.75. The van der Waals surface area contributed by atoms with E-state index < -0.39 is 0 Å². The number of phenols is 3. The maximum atomic E-state index is 9.04. The molecule has 0 spiro atoms. The Morgan fingerprint density at radius 2 is 0.643 bits per heavy atom. The summed E-state index contributed by atoms with van der Waals surface area (Å²) in [4.78, 5) is 0. The molecule has 0 saturated heterocycles. The van der Waals surface area contributed by atoms with Crippen LogP contribution in [0.4, 0.5) is 0 Å². The first-order valence-electron chi connectivity index (χ1n) is 8.88. The molecule has 1 unspecified atom stereocenters. The Bertz CT molecular complexity index is 771. The summed E-state index contributed by atoms with van der Waals surface area (Å²) in [5.41, 5.74) is 6.38. The molecule has 152 valence electrons. The molecule has 0 amide bonds. The molecule has 0 saturated carbocycles. The molecule has 0 bridgehead atoms. The lowest BCUT2D eigenvalue weighted by Gasteiger charge is -1.97. The summed E-state index contributed by atoms with van der Waals surface area (Å²) in [6.07, 6.45) is 0. The second-order valence-corrected chi connectivity index (χ2v) is 6.87. The maximum Gasteiger partial charge on any atom is 0.118 e. The van der Waals surface area contributed by atoms with E-state index in [9.17, 15) is 0 Å². The van der Waals surface area contributed by atoms with Crippen LogP contribution in [0.3, 0.4) is 0 Å². The van der Waals surface area contributed by atoms with Crippen molar-refractivity contribution < 1.29 is 15.3 Å². The zero-order chi connectivity index (χ0) is 20.6. The second-order valence-electron chi connectivity index (χ2n) is 6.87. The van der Waals surface area contributed by atoms with Crippen LogP contribution in [0.25, 0.3) is 0 Å². The predicted octanol–water partition coefficient (Wildman–Crippen LogP) is 6.09. The van der Waals surface area contributed by atoms with Crippen LogP contribution in [-0.4, -0.2) is 15.3 Å². The van der Waals surface area contributed by atoms with E-state index >= 15 is 0 Å². The number of hydrogen-bond donors (Lipinski definition) is 3. The highest BCUT2D eigenvalue weighted by Crippen LogP contribution is 2.17. The zero-order valence-corrected chi connectivity index (χ0v) is 19.2. The van der Waals surface area contributed by atoms with Crippen LogP contribution < -0.4 is 0 Å². The summed E-state index contributed by atoms with van der Waals surface area (Å²) in [5.74, 6) is 1.13. The van der Waals surface area contributed by atoms with E-state index in [-0.39, 0.29) is 9.90 Å². The molecule has 3 rings (SSSR count). The Balaban J connectivity index is 0.000000384. The monoisotopic (exact) mass is 400 g/mol. The topological polar surface area (TPSA) is 60.7 Å². The molecule has 3 aromatic rings. The highest BCUT2D eigenvalue weighted by molar-refractivity contribution is 6.92. The van der Waals surface area contributed by atoms with E-state index in [0.717, 1.165) is 16.7 Å². The Kier molecular flexibility index (Phi) is 11.0. The molecule has 3 aromatic carbocycles. The Morgan fingerprint density at radius 1 is 0.429 bits per heavy atom. The normalized spacial score (nSPS) is 9.21. The van der Waals surface area contributed by atoms with Crippen molar-refractivity contribution in [2.75, 3.05) is 0 Å². The first kappa shape index (κ1) is 25.5. The molecule has 1 atom stereocenters. The zero-order valence-electron chi connectivity index (χ0n) is 17.7. The molecule has 0 aliphatic carbocycles. The van der Waals surface area contributed by atoms with Gasteiger partial charge < -0.3 is 15.3 Å². The van der Waals surface area contributed by atoms with Gasteiger partial charge in [-0.15, -0.1) is 0 Å². The van der Waals surface area contributed by atoms with Crippen molar-refractivity contribution in [2.45, 2.75) is 41.5 Å². The van der Waals surface area contributed by atoms with Gasteiger partial charge in [-0.3, -0.25) is 0 Å². The minimum Gasteiger partial charge on any atom is -0.508 e. The first-order chi connectivity index (χ1) is 12.6.